The second-order valence-electron chi connectivity index (χ2n) is 1.70. The lowest BCUT2D eigenvalue weighted by molar-refractivity contribution is 0.172. The highest BCUT2D eigenvalue weighted by Gasteiger charge is 2.30. The molecule has 1 atom stereocenters. The number of alkyl halides is 1. The summed E-state index contributed by atoms with van der Waals surface area (Å²) in [6.07, 6.45) is -0.446. The van der Waals surface area contributed by atoms with Crippen LogP contribution in [0.5, 0.6) is 0 Å². The van der Waals surface area contributed by atoms with Crippen molar-refractivity contribution >= 4 is 29.0 Å². The van der Waals surface area contributed by atoms with Crippen LogP contribution in [-0.2, 0) is 4.74 Å². The summed E-state index contributed by atoms with van der Waals surface area (Å²) < 4.78 is 17.6. The lowest BCUT2D eigenvalue weighted by Gasteiger charge is -2.07. The average molecular weight is 245 g/mol. The fraction of sp³-hybridized carbons (Fsp3) is 0.750. The normalized spacial score (nSPS) is 26.7. The molecule has 1 saturated heterocycles. The molecule has 1 rings (SSSR count). The van der Waals surface area contributed by atoms with Crippen LogP contribution in [0.25, 0.3) is 0 Å². The quantitative estimate of drug-likeness (QED) is 0.511. The standard InChI is InChI=1S/C4H5FINO2/c5-1-3-2-9-4(8)7(3)6/h3H,1-2H2. The van der Waals surface area contributed by atoms with Crippen LogP contribution >= 0.6 is 22.9 Å². The third-order valence-corrected chi connectivity index (χ3v) is 2.25. The molecule has 0 aromatic rings. The number of nitrogens with zero attached hydrogens (tertiary/aromatic N) is 1. The van der Waals surface area contributed by atoms with E-state index in [2.05, 4.69) is 4.74 Å². The molecule has 0 spiro atoms. The van der Waals surface area contributed by atoms with Crippen LogP contribution in [0, 0.1) is 0 Å². The minimum atomic E-state index is -0.533. The van der Waals surface area contributed by atoms with Crippen LogP contribution in [0.3, 0.4) is 0 Å². The summed E-state index contributed by atoms with van der Waals surface area (Å²) in [6, 6.07) is -0.377. The van der Waals surface area contributed by atoms with Crippen molar-refractivity contribution in [1.29, 1.82) is 0 Å². The molecular formula is C4H5FINO2. The predicted octanol–water partition coefficient (Wildman–Crippen LogP) is 1.13. The number of ether oxygens (including phenoxy) is 1. The molecule has 1 unspecified atom stereocenters. The summed E-state index contributed by atoms with van der Waals surface area (Å²) >= 11 is 1.74. The Labute approximate surface area is 65.6 Å². The van der Waals surface area contributed by atoms with Crippen LogP contribution < -0.4 is 0 Å². The van der Waals surface area contributed by atoms with Gasteiger partial charge >= 0.3 is 6.09 Å². The van der Waals surface area contributed by atoms with Gasteiger partial charge in [0, 0.05) is 0 Å². The molecule has 0 saturated carbocycles. The summed E-state index contributed by atoms with van der Waals surface area (Å²) in [5.41, 5.74) is 0. The third-order valence-electron chi connectivity index (χ3n) is 1.07. The van der Waals surface area contributed by atoms with E-state index in [1.54, 1.807) is 22.9 Å². The second kappa shape index (κ2) is 2.68. The molecule has 0 aliphatic carbocycles. The monoisotopic (exact) mass is 245 g/mol. The highest BCUT2D eigenvalue weighted by atomic mass is 127. The zero-order chi connectivity index (χ0) is 6.85. The van der Waals surface area contributed by atoms with Crippen molar-refractivity contribution in [2.24, 2.45) is 0 Å². The maximum atomic E-state index is 11.8. The van der Waals surface area contributed by atoms with Gasteiger partial charge in [-0.25, -0.2) is 12.3 Å². The number of rotatable bonds is 1. The van der Waals surface area contributed by atoms with E-state index in [1.165, 1.54) is 3.11 Å². The van der Waals surface area contributed by atoms with Crippen molar-refractivity contribution < 1.29 is 13.9 Å². The summed E-state index contributed by atoms with van der Waals surface area (Å²) in [5, 5.41) is 0. The molecule has 1 aliphatic rings. The molecule has 0 N–H and O–H groups in total. The topological polar surface area (TPSA) is 29.5 Å². The average Bonchev–Trinajstić information content (AvgIpc) is 2.15. The molecule has 1 aliphatic heterocycles. The Balaban J connectivity index is 2.51. The molecule has 0 bridgehead atoms. The summed E-state index contributed by atoms with van der Waals surface area (Å²) in [7, 11) is 0. The zero-order valence-corrected chi connectivity index (χ0v) is 6.67. The van der Waals surface area contributed by atoms with Gasteiger partial charge in [-0.3, -0.25) is 0 Å². The van der Waals surface area contributed by atoms with Crippen molar-refractivity contribution in [2.45, 2.75) is 6.04 Å². The van der Waals surface area contributed by atoms with Crippen LogP contribution in [-0.4, -0.2) is 28.5 Å². The fourth-order valence-corrected chi connectivity index (χ4v) is 0.998. The minimum Gasteiger partial charge on any atom is -0.447 e. The number of halogens is 2. The lowest BCUT2D eigenvalue weighted by atomic mass is 10.4. The van der Waals surface area contributed by atoms with E-state index >= 15 is 0 Å². The first-order valence-electron chi connectivity index (χ1n) is 2.43. The molecule has 0 aromatic heterocycles. The smallest absolute Gasteiger partial charge is 0.419 e. The molecule has 1 fully saturated rings. The van der Waals surface area contributed by atoms with E-state index in [9.17, 15) is 9.18 Å². The highest BCUT2D eigenvalue weighted by molar-refractivity contribution is 14.1. The van der Waals surface area contributed by atoms with Crippen molar-refractivity contribution in [3.63, 3.8) is 0 Å². The molecule has 52 valence electrons. The van der Waals surface area contributed by atoms with E-state index in [-0.39, 0.29) is 12.6 Å². The van der Waals surface area contributed by atoms with Crippen LogP contribution in [0.2, 0.25) is 0 Å². The highest BCUT2D eigenvalue weighted by Crippen LogP contribution is 2.16. The van der Waals surface area contributed by atoms with E-state index in [1.807, 2.05) is 0 Å². The predicted molar refractivity (Wildman–Crippen MR) is 37.0 cm³/mol. The fourth-order valence-electron chi connectivity index (χ4n) is 0.549. The summed E-state index contributed by atoms with van der Waals surface area (Å²) in [5.74, 6) is 0. The van der Waals surface area contributed by atoms with Gasteiger partial charge in [0.05, 0.1) is 22.9 Å². The van der Waals surface area contributed by atoms with Crippen molar-refractivity contribution in [3.05, 3.63) is 0 Å². The first-order valence-corrected chi connectivity index (χ1v) is 3.40. The molecular weight excluding hydrogens is 240 g/mol. The minimum absolute atomic E-state index is 0.179. The zero-order valence-electron chi connectivity index (χ0n) is 4.51. The van der Waals surface area contributed by atoms with Gasteiger partial charge in [-0.15, -0.1) is 0 Å². The van der Waals surface area contributed by atoms with Gasteiger partial charge in [-0.05, 0) is 0 Å². The Morgan fingerprint density at radius 3 is 2.89 bits per heavy atom. The van der Waals surface area contributed by atoms with Gasteiger partial charge < -0.3 is 4.74 Å². The molecule has 0 aromatic carbocycles. The maximum Gasteiger partial charge on any atom is 0.419 e. The SMILES string of the molecule is O=C1OCC(CF)N1I. The lowest BCUT2D eigenvalue weighted by Crippen LogP contribution is -2.25. The van der Waals surface area contributed by atoms with E-state index < -0.39 is 12.8 Å². The van der Waals surface area contributed by atoms with Gasteiger partial charge in [-0.2, -0.15) is 0 Å². The van der Waals surface area contributed by atoms with Gasteiger partial charge in [-0.1, -0.05) is 0 Å². The van der Waals surface area contributed by atoms with E-state index in [0.717, 1.165) is 0 Å². The first kappa shape index (κ1) is 7.04. The molecule has 3 nitrogen and oxygen atoms in total. The van der Waals surface area contributed by atoms with Gasteiger partial charge in [0.25, 0.3) is 0 Å². The molecule has 0 radical (unpaired) electrons. The number of hydrogen-bond acceptors (Lipinski definition) is 2. The summed E-state index contributed by atoms with van der Waals surface area (Å²) in [4.78, 5) is 10.5. The Bertz CT molecular complexity index is 132. The van der Waals surface area contributed by atoms with Gasteiger partial charge in [0.2, 0.25) is 0 Å². The van der Waals surface area contributed by atoms with E-state index in [4.69, 9.17) is 0 Å². The van der Waals surface area contributed by atoms with Crippen LogP contribution in [0.4, 0.5) is 9.18 Å². The Morgan fingerprint density at radius 1 is 2.00 bits per heavy atom. The third kappa shape index (κ3) is 1.25. The summed E-state index contributed by atoms with van der Waals surface area (Å²) in [6.45, 7) is -0.354. The first-order chi connectivity index (χ1) is 4.25. The van der Waals surface area contributed by atoms with Gasteiger partial charge in [0.15, 0.2) is 0 Å². The molecule has 5 heteroatoms. The number of carbonyl (C=O) groups is 1. The Kier molecular flexibility index (Phi) is 2.09. The second-order valence-corrected chi connectivity index (χ2v) is 2.74. The maximum absolute atomic E-state index is 11.8. The Hall–Kier alpha value is -0.0700. The molecule has 9 heavy (non-hydrogen) atoms. The van der Waals surface area contributed by atoms with Crippen molar-refractivity contribution in [3.8, 4) is 0 Å². The largest absolute Gasteiger partial charge is 0.447 e. The number of amides is 1. The van der Waals surface area contributed by atoms with Crippen LogP contribution in [0.15, 0.2) is 0 Å². The number of carbonyl (C=O) groups excluding carboxylic acids is 1. The molecule has 1 heterocycles. The van der Waals surface area contributed by atoms with E-state index in [0.29, 0.717) is 0 Å². The van der Waals surface area contributed by atoms with Crippen molar-refractivity contribution in [2.75, 3.05) is 13.3 Å². The number of hydrogen-bond donors (Lipinski definition) is 0. The number of cyclic esters (lactones) is 1. The Morgan fingerprint density at radius 2 is 2.67 bits per heavy atom. The van der Waals surface area contributed by atoms with Crippen LogP contribution in [0.1, 0.15) is 0 Å². The van der Waals surface area contributed by atoms with Gasteiger partial charge in [0.1, 0.15) is 19.3 Å². The van der Waals surface area contributed by atoms with Crippen molar-refractivity contribution in [1.82, 2.24) is 3.11 Å². The molecule has 1 amide bonds.